The summed E-state index contributed by atoms with van der Waals surface area (Å²) in [7, 11) is 1.32. The molecule has 0 aromatic heterocycles. The molecule has 0 bridgehead atoms. The Morgan fingerprint density at radius 2 is 1.76 bits per heavy atom. The van der Waals surface area contributed by atoms with Crippen molar-refractivity contribution in [3.63, 3.8) is 0 Å². The molecule has 6 nitrogen and oxygen atoms in total. The SMILES string of the molecule is COC(=O)/C=C/c1ccccc1CCOc1ccc(Cl)cc1NC(=O)c1cc(Cl)ccc1O. The Labute approximate surface area is 201 Å². The van der Waals surface area contributed by atoms with Crippen LogP contribution in [0.1, 0.15) is 21.5 Å². The van der Waals surface area contributed by atoms with Crippen molar-refractivity contribution in [2.75, 3.05) is 19.0 Å². The summed E-state index contributed by atoms with van der Waals surface area (Å²) < 4.78 is 10.5. The van der Waals surface area contributed by atoms with Gasteiger partial charge in [-0.15, -0.1) is 0 Å². The summed E-state index contributed by atoms with van der Waals surface area (Å²) in [5, 5.41) is 13.4. The maximum atomic E-state index is 12.7. The zero-order chi connectivity index (χ0) is 23.8. The van der Waals surface area contributed by atoms with Gasteiger partial charge < -0.3 is 19.9 Å². The number of aromatic hydroxyl groups is 1. The molecule has 2 N–H and O–H groups in total. The summed E-state index contributed by atoms with van der Waals surface area (Å²) in [6.07, 6.45) is 3.59. The molecule has 0 aliphatic rings. The first-order valence-corrected chi connectivity index (χ1v) is 10.7. The van der Waals surface area contributed by atoms with Crippen molar-refractivity contribution in [2.24, 2.45) is 0 Å². The van der Waals surface area contributed by atoms with Crippen LogP contribution in [-0.2, 0) is 16.0 Å². The van der Waals surface area contributed by atoms with Gasteiger partial charge in [-0.25, -0.2) is 4.79 Å². The molecule has 0 atom stereocenters. The second-order valence-electron chi connectivity index (χ2n) is 6.91. The van der Waals surface area contributed by atoms with Crippen molar-refractivity contribution in [2.45, 2.75) is 6.42 Å². The van der Waals surface area contributed by atoms with Crippen LogP contribution >= 0.6 is 23.2 Å². The molecule has 3 rings (SSSR count). The van der Waals surface area contributed by atoms with Gasteiger partial charge in [-0.1, -0.05) is 47.5 Å². The molecular formula is C25H21Cl2NO5. The standard InChI is InChI=1S/C25H21Cl2NO5/c1-32-24(30)11-6-16-4-2-3-5-17(16)12-13-33-23-10-8-19(27)15-21(23)28-25(31)20-14-18(26)7-9-22(20)29/h2-11,14-15,29H,12-13H2,1H3,(H,28,31)/b11-6+. The number of rotatable bonds is 8. The molecule has 0 radical (unpaired) electrons. The lowest BCUT2D eigenvalue weighted by Crippen LogP contribution is -2.14. The number of ether oxygens (including phenoxy) is 2. The topological polar surface area (TPSA) is 84.9 Å². The van der Waals surface area contributed by atoms with Crippen molar-refractivity contribution >= 4 is 46.8 Å². The Morgan fingerprint density at radius 3 is 2.55 bits per heavy atom. The number of methoxy groups -OCH3 is 1. The fourth-order valence-corrected chi connectivity index (χ4v) is 3.37. The molecule has 3 aromatic carbocycles. The van der Waals surface area contributed by atoms with E-state index in [1.807, 2.05) is 24.3 Å². The van der Waals surface area contributed by atoms with Gasteiger partial charge in [-0.3, -0.25) is 4.79 Å². The smallest absolute Gasteiger partial charge is 0.330 e. The molecular weight excluding hydrogens is 465 g/mol. The second-order valence-corrected chi connectivity index (χ2v) is 7.78. The molecule has 8 heteroatoms. The van der Waals surface area contributed by atoms with Gasteiger partial charge in [-0.05, 0) is 53.6 Å². The van der Waals surface area contributed by atoms with Crippen molar-refractivity contribution in [1.29, 1.82) is 0 Å². The van der Waals surface area contributed by atoms with Gasteiger partial charge in [0.25, 0.3) is 5.91 Å². The number of phenols is 1. The highest BCUT2D eigenvalue weighted by molar-refractivity contribution is 6.31. The largest absolute Gasteiger partial charge is 0.507 e. The summed E-state index contributed by atoms with van der Waals surface area (Å²) in [5.74, 6) is -0.774. The lowest BCUT2D eigenvalue weighted by atomic mass is 10.0. The zero-order valence-corrected chi connectivity index (χ0v) is 19.2. The number of phenolic OH excluding ortho intramolecular Hbond substituents is 1. The van der Waals surface area contributed by atoms with E-state index in [1.54, 1.807) is 24.3 Å². The highest BCUT2D eigenvalue weighted by Gasteiger charge is 2.15. The predicted molar refractivity (Wildman–Crippen MR) is 129 cm³/mol. The van der Waals surface area contributed by atoms with Crippen LogP contribution in [0, 0.1) is 0 Å². The van der Waals surface area contributed by atoms with Crippen molar-refractivity contribution in [1.82, 2.24) is 0 Å². The lowest BCUT2D eigenvalue weighted by Gasteiger charge is -2.14. The van der Waals surface area contributed by atoms with E-state index < -0.39 is 11.9 Å². The summed E-state index contributed by atoms with van der Waals surface area (Å²) >= 11 is 12.0. The molecule has 0 unspecified atom stereocenters. The van der Waals surface area contributed by atoms with Crippen LogP contribution in [0.4, 0.5) is 5.69 Å². The normalized spacial score (nSPS) is 10.8. The molecule has 3 aromatic rings. The summed E-state index contributed by atoms with van der Waals surface area (Å²) in [6, 6.07) is 16.7. The predicted octanol–water partition coefficient (Wildman–Crippen LogP) is 5.76. The van der Waals surface area contributed by atoms with Crippen LogP contribution in [0.25, 0.3) is 6.08 Å². The number of hydrogen-bond donors (Lipinski definition) is 2. The molecule has 0 fully saturated rings. The highest BCUT2D eigenvalue weighted by atomic mass is 35.5. The van der Waals surface area contributed by atoms with Crippen LogP contribution in [0.3, 0.4) is 0 Å². The van der Waals surface area contributed by atoms with Crippen molar-refractivity contribution in [3.05, 3.63) is 93.5 Å². The van der Waals surface area contributed by atoms with Gasteiger partial charge in [0.1, 0.15) is 11.5 Å². The maximum Gasteiger partial charge on any atom is 0.330 e. The highest BCUT2D eigenvalue weighted by Crippen LogP contribution is 2.30. The molecule has 170 valence electrons. The van der Waals surface area contributed by atoms with E-state index in [0.29, 0.717) is 34.5 Å². The number of benzene rings is 3. The quantitative estimate of drug-likeness (QED) is 0.313. The lowest BCUT2D eigenvalue weighted by molar-refractivity contribution is -0.134. The Kier molecular flexibility index (Phi) is 8.35. The first-order valence-electron chi connectivity index (χ1n) is 9.93. The number of halogens is 2. The summed E-state index contributed by atoms with van der Waals surface area (Å²) in [4.78, 5) is 24.1. The second kappa shape index (κ2) is 11.4. The van der Waals surface area contributed by atoms with Gasteiger partial charge in [0.05, 0.1) is 25.0 Å². The molecule has 0 saturated heterocycles. The van der Waals surface area contributed by atoms with Crippen LogP contribution in [0.2, 0.25) is 10.0 Å². The monoisotopic (exact) mass is 485 g/mol. The number of esters is 1. The zero-order valence-electron chi connectivity index (χ0n) is 17.7. The third kappa shape index (κ3) is 6.75. The summed E-state index contributed by atoms with van der Waals surface area (Å²) in [5.41, 5.74) is 2.22. The minimum absolute atomic E-state index is 0.0275. The minimum atomic E-state index is -0.555. The number of carbonyl (C=O) groups excluding carboxylic acids is 2. The fraction of sp³-hybridized carbons (Fsp3) is 0.120. The van der Waals surface area contributed by atoms with Gasteiger partial charge in [0.2, 0.25) is 0 Å². The molecule has 0 heterocycles. The first-order chi connectivity index (χ1) is 15.9. The molecule has 0 spiro atoms. The fourth-order valence-electron chi connectivity index (χ4n) is 3.03. The van der Waals surface area contributed by atoms with E-state index >= 15 is 0 Å². The van der Waals surface area contributed by atoms with Crippen LogP contribution in [-0.4, -0.2) is 30.7 Å². The van der Waals surface area contributed by atoms with E-state index in [1.165, 1.54) is 31.4 Å². The Morgan fingerprint density at radius 1 is 1.03 bits per heavy atom. The third-order valence-corrected chi connectivity index (χ3v) is 5.15. The number of carbonyl (C=O) groups is 2. The van der Waals surface area contributed by atoms with Crippen LogP contribution in [0.5, 0.6) is 11.5 Å². The molecule has 33 heavy (non-hydrogen) atoms. The van der Waals surface area contributed by atoms with E-state index in [2.05, 4.69) is 10.1 Å². The van der Waals surface area contributed by atoms with E-state index in [4.69, 9.17) is 27.9 Å². The number of anilines is 1. The average Bonchev–Trinajstić information content (AvgIpc) is 2.81. The van der Waals surface area contributed by atoms with Crippen molar-refractivity contribution in [3.8, 4) is 11.5 Å². The van der Waals surface area contributed by atoms with E-state index in [9.17, 15) is 14.7 Å². The van der Waals surface area contributed by atoms with Gasteiger partial charge in [0, 0.05) is 22.5 Å². The summed E-state index contributed by atoms with van der Waals surface area (Å²) in [6.45, 7) is 0.302. The van der Waals surface area contributed by atoms with Crippen LogP contribution < -0.4 is 10.1 Å². The van der Waals surface area contributed by atoms with Gasteiger partial charge in [0.15, 0.2) is 0 Å². The van der Waals surface area contributed by atoms with E-state index in [-0.39, 0.29) is 11.3 Å². The van der Waals surface area contributed by atoms with E-state index in [0.717, 1.165) is 11.1 Å². The molecule has 0 aliphatic heterocycles. The maximum absolute atomic E-state index is 12.7. The third-order valence-electron chi connectivity index (χ3n) is 4.68. The number of nitrogens with one attached hydrogen (secondary N) is 1. The molecule has 0 saturated carbocycles. The van der Waals surface area contributed by atoms with Crippen LogP contribution in [0.15, 0.2) is 66.7 Å². The van der Waals surface area contributed by atoms with Gasteiger partial charge in [-0.2, -0.15) is 0 Å². The molecule has 1 amide bonds. The number of amides is 1. The average molecular weight is 486 g/mol. The minimum Gasteiger partial charge on any atom is -0.507 e. The Bertz CT molecular complexity index is 1190. The van der Waals surface area contributed by atoms with Gasteiger partial charge >= 0.3 is 5.97 Å². The van der Waals surface area contributed by atoms with Crippen molar-refractivity contribution < 1.29 is 24.2 Å². The first kappa shape index (κ1) is 24.2. The number of hydrogen-bond acceptors (Lipinski definition) is 5. The molecule has 0 aliphatic carbocycles. The Hall–Kier alpha value is -3.48. The Balaban J connectivity index is 1.72.